The SMILES string of the molecule is CSc1ccc(NC(=O)O[C@H](c2cc(I)ccc2O)[C@H](C)CCOC(=O)CS)cc1. The minimum Gasteiger partial charge on any atom is -0.508 e. The van der Waals surface area contributed by atoms with E-state index in [-0.39, 0.29) is 24.0 Å². The molecule has 0 fully saturated rings. The van der Waals surface area contributed by atoms with Crippen LogP contribution in [0.3, 0.4) is 0 Å². The van der Waals surface area contributed by atoms with Crippen LogP contribution in [0.25, 0.3) is 0 Å². The summed E-state index contributed by atoms with van der Waals surface area (Å²) in [6.07, 6.45) is 1.07. The lowest BCUT2D eigenvalue weighted by Gasteiger charge is -2.25. The number of esters is 1. The second kappa shape index (κ2) is 12.3. The molecule has 2 aromatic rings. The molecule has 0 aliphatic carbocycles. The first-order valence-corrected chi connectivity index (χ1v) is 12.1. The number of benzene rings is 2. The second-order valence-electron chi connectivity index (χ2n) is 6.53. The maximum atomic E-state index is 12.6. The number of aromatic hydroxyl groups is 1. The summed E-state index contributed by atoms with van der Waals surface area (Å²) in [4.78, 5) is 25.0. The van der Waals surface area contributed by atoms with Gasteiger partial charge in [-0.3, -0.25) is 10.1 Å². The van der Waals surface area contributed by atoms with Crippen LogP contribution in [0.5, 0.6) is 5.75 Å². The number of thiol groups is 1. The van der Waals surface area contributed by atoms with Crippen LogP contribution in [0.2, 0.25) is 0 Å². The molecule has 2 N–H and O–H groups in total. The number of phenolic OH excluding ortho intramolecular Hbond substituents is 1. The summed E-state index contributed by atoms with van der Waals surface area (Å²) in [5, 5.41) is 13.1. The monoisotopic (exact) mass is 561 g/mol. The van der Waals surface area contributed by atoms with E-state index in [1.54, 1.807) is 42.1 Å². The van der Waals surface area contributed by atoms with E-state index < -0.39 is 18.2 Å². The van der Waals surface area contributed by atoms with Crippen LogP contribution in [-0.2, 0) is 14.3 Å². The van der Waals surface area contributed by atoms with Crippen LogP contribution in [-0.4, -0.2) is 35.8 Å². The van der Waals surface area contributed by atoms with Crippen LogP contribution in [0, 0.1) is 9.49 Å². The Morgan fingerprint density at radius 1 is 1.23 bits per heavy atom. The minimum atomic E-state index is -0.722. The van der Waals surface area contributed by atoms with E-state index in [1.165, 1.54) is 0 Å². The van der Waals surface area contributed by atoms with Crippen LogP contribution in [0.15, 0.2) is 47.4 Å². The molecule has 0 aliphatic heterocycles. The van der Waals surface area contributed by atoms with Gasteiger partial charge in [0, 0.05) is 25.6 Å². The summed E-state index contributed by atoms with van der Waals surface area (Å²) < 4.78 is 11.7. The third-order valence-electron chi connectivity index (χ3n) is 4.35. The van der Waals surface area contributed by atoms with Gasteiger partial charge in [-0.05, 0) is 77.7 Å². The number of thioether (sulfide) groups is 1. The van der Waals surface area contributed by atoms with E-state index in [4.69, 9.17) is 9.47 Å². The van der Waals surface area contributed by atoms with E-state index in [0.29, 0.717) is 17.7 Å². The Morgan fingerprint density at radius 2 is 1.93 bits per heavy atom. The number of carbonyl (C=O) groups excluding carboxylic acids is 2. The minimum absolute atomic E-state index is 0.00368. The molecule has 2 atom stereocenters. The van der Waals surface area contributed by atoms with Crippen LogP contribution in [0.4, 0.5) is 10.5 Å². The first kappa shape index (κ1) is 24.7. The average Bonchev–Trinajstić information content (AvgIpc) is 2.74. The molecule has 0 heterocycles. The number of carbonyl (C=O) groups is 2. The maximum Gasteiger partial charge on any atom is 0.412 e. The highest BCUT2D eigenvalue weighted by atomic mass is 127. The topological polar surface area (TPSA) is 84.9 Å². The molecule has 2 rings (SSSR count). The Kier molecular flexibility index (Phi) is 10.1. The highest BCUT2D eigenvalue weighted by Crippen LogP contribution is 2.35. The van der Waals surface area contributed by atoms with Crippen LogP contribution >= 0.6 is 47.0 Å². The fraction of sp³-hybridized carbons (Fsp3) is 0.333. The fourth-order valence-electron chi connectivity index (χ4n) is 2.73. The molecule has 0 spiro atoms. The van der Waals surface area contributed by atoms with Crippen molar-refractivity contribution in [3.63, 3.8) is 0 Å². The van der Waals surface area contributed by atoms with Gasteiger partial charge < -0.3 is 14.6 Å². The van der Waals surface area contributed by atoms with Crippen molar-refractivity contribution in [2.24, 2.45) is 5.92 Å². The third-order valence-corrected chi connectivity index (χ3v) is 6.02. The summed E-state index contributed by atoms with van der Waals surface area (Å²) in [6, 6.07) is 12.5. The van der Waals surface area contributed by atoms with Crippen molar-refractivity contribution in [1.82, 2.24) is 0 Å². The average molecular weight is 561 g/mol. The van der Waals surface area contributed by atoms with Gasteiger partial charge in [-0.1, -0.05) is 6.92 Å². The summed E-state index contributed by atoms with van der Waals surface area (Å²) in [6.45, 7) is 2.04. The fourth-order valence-corrected chi connectivity index (χ4v) is 3.75. The van der Waals surface area contributed by atoms with Crippen molar-refractivity contribution in [1.29, 1.82) is 0 Å². The predicted octanol–water partition coefficient (Wildman–Crippen LogP) is 5.51. The number of rotatable bonds is 9. The van der Waals surface area contributed by atoms with Gasteiger partial charge in [-0.25, -0.2) is 4.79 Å². The summed E-state index contributed by atoms with van der Waals surface area (Å²) in [5.41, 5.74) is 1.11. The highest BCUT2D eigenvalue weighted by Gasteiger charge is 2.27. The molecule has 30 heavy (non-hydrogen) atoms. The second-order valence-corrected chi connectivity index (χ2v) is 8.97. The number of halogens is 1. The predicted molar refractivity (Wildman–Crippen MR) is 130 cm³/mol. The molecule has 0 bridgehead atoms. The number of amides is 1. The van der Waals surface area contributed by atoms with Crippen molar-refractivity contribution in [3.8, 4) is 5.75 Å². The van der Waals surface area contributed by atoms with Gasteiger partial charge >= 0.3 is 12.1 Å². The Morgan fingerprint density at radius 3 is 2.57 bits per heavy atom. The normalized spacial score (nSPS) is 12.7. The van der Waals surface area contributed by atoms with Crippen molar-refractivity contribution in [3.05, 3.63) is 51.6 Å². The van der Waals surface area contributed by atoms with Crippen molar-refractivity contribution in [2.45, 2.75) is 24.3 Å². The number of phenols is 1. The molecule has 9 heteroatoms. The smallest absolute Gasteiger partial charge is 0.412 e. The number of hydrogen-bond donors (Lipinski definition) is 3. The van der Waals surface area contributed by atoms with Gasteiger partial charge in [0.1, 0.15) is 11.9 Å². The molecule has 2 aromatic carbocycles. The molecule has 0 aromatic heterocycles. The Bertz CT molecular complexity index is 863. The standard InChI is InChI=1S/C21H24INO5S2/c1-13(9-10-27-19(25)12-29)20(17-11-14(22)3-8-18(17)24)28-21(26)23-15-4-6-16(30-2)7-5-15/h3-8,11,13,20,24,29H,9-10,12H2,1-2H3,(H,23,26)/t13-,20+/m1/s1. The van der Waals surface area contributed by atoms with E-state index in [0.717, 1.165) is 8.47 Å². The van der Waals surface area contributed by atoms with Crippen LogP contribution < -0.4 is 5.32 Å². The molecule has 0 radical (unpaired) electrons. The number of nitrogens with one attached hydrogen (secondary N) is 1. The van der Waals surface area contributed by atoms with Gasteiger partial charge in [0.05, 0.1) is 12.4 Å². The number of hydrogen-bond acceptors (Lipinski definition) is 7. The largest absolute Gasteiger partial charge is 0.508 e. The van der Waals surface area contributed by atoms with Gasteiger partial charge in [0.15, 0.2) is 0 Å². The van der Waals surface area contributed by atoms with Crippen molar-refractivity contribution in [2.75, 3.05) is 23.9 Å². The zero-order valence-electron chi connectivity index (χ0n) is 16.6. The molecule has 0 aliphatic rings. The Balaban J connectivity index is 2.14. The summed E-state index contributed by atoms with van der Waals surface area (Å²) in [5.74, 6) is -0.585. The molecule has 162 valence electrons. The zero-order chi connectivity index (χ0) is 22.1. The zero-order valence-corrected chi connectivity index (χ0v) is 20.5. The van der Waals surface area contributed by atoms with Crippen LogP contribution in [0.1, 0.15) is 25.0 Å². The molecule has 0 saturated heterocycles. The summed E-state index contributed by atoms with van der Waals surface area (Å²) >= 11 is 7.62. The molecule has 0 unspecified atom stereocenters. The Hall–Kier alpha value is -1.59. The number of anilines is 1. The first-order valence-electron chi connectivity index (χ1n) is 9.20. The molecule has 1 amide bonds. The van der Waals surface area contributed by atoms with Gasteiger partial charge in [-0.15, -0.1) is 11.8 Å². The third kappa shape index (κ3) is 7.59. The van der Waals surface area contributed by atoms with Crippen molar-refractivity contribution >= 4 is 64.7 Å². The molecule has 0 saturated carbocycles. The van der Waals surface area contributed by atoms with Gasteiger partial charge in [-0.2, -0.15) is 12.6 Å². The lowest BCUT2D eigenvalue weighted by Crippen LogP contribution is -2.23. The molecule has 6 nitrogen and oxygen atoms in total. The maximum absolute atomic E-state index is 12.6. The highest BCUT2D eigenvalue weighted by molar-refractivity contribution is 14.1. The van der Waals surface area contributed by atoms with E-state index in [2.05, 4.69) is 40.5 Å². The lowest BCUT2D eigenvalue weighted by atomic mass is 9.94. The van der Waals surface area contributed by atoms with Gasteiger partial charge in [0.25, 0.3) is 0 Å². The van der Waals surface area contributed by atoms with E-state index in [9.17, 15) is 14.7 Å². The van der Waals surface area contributed by atoms with E-state index in [1.807, 2.05) is 25.3 Å². The molecular weight excluding hydrogens is 537 g/mol. The quantitative estimate of drug-likeness (QED) is 0.162. The summed E-state index contributed by atoms with van der Waals surface area (Å²) in [7, 11) is 0. The van der Waals surface area contributed by atoms with E-state index >= 15 is 0 Å². The molecular formula is C21H24INO5S2. The first-order chi connectivity index (χ1) is 14.3. The van der Waals surface area contributed by atoms with Crippen molar-refractivity contribution < 1.29 is 24.2 Å². The lowest BCUT2D eigenvalue weighted by molar-refractivity contribution is -0.141. The number of ether oxygens (including phenoxy) is 2. The van der Waals surface area contributed by atoms with Gasteiger partial charge in [0.2, 0.25) is 0 Å². The Labute approximate surface area is 199 Å².